The van der Waals surface area contributed by atoms with E-state index in [0.29, 0.717) is 18.7 Å². The Balaban J connectivity index is 0.00000256. The van der Waals surface area contributed by atoms with Crippen LogP contribution in [0.3, 0.4) is 0 Å². The maximum Gasteiger partial charge on any atom is 0.129 e. The maximum atomic E-state index is 9.64. The molecule has 0 saturated carbocycles. The van der Waals surface area contributed by atoms with Crippen molar-refractivity contribution in [3.8, 4) is 0 Å². The van der Waals surface area contributed by atoms with Crippen LogP contribution in [0.2, 0.25) is 10.0 Å². The van der Waals surface area contributed by atoms with Crippen molar-refractivity contribution in [1.82, 2.24) is 9.88 Å². The highest BCUT2D eigenvalue weighted by Crippen LogP contribution is 2.27. The molecule has 0 aliphatic carbocycles. The number of ether oxygens (including phenoxy) is 1. The Labute approximate surface area is 194 Å². The van der Waals surface area contributed by atoms with Crippen LogP contribution in [-0.4, -0.2) is 66.0 Å². The number of rotatable bonds is 5. The minimum Gasteiger partial charge on any atom is -0.394 e. The van der Waals surface area contributed by atoms with Gasteiger partial charge in [0.15, 0.2) is 0 Å². The lowest BCUT2D eigenvalue weighted by atomic mass is 9.96. The number of aliphatic hydroxyl groups is 1. The van der Waals surface area contributed by atoms with Crippen molar-refractivity contribution in [2.24, 2.45) is 0 Å². The number of hydrogen-bond acceptors (Lipinski definition) is 5. The molecular weight excluding hydrogens is 445 g/mol. The summed E-state index contributed by atoms with van der Waals surface area (Å²) in [6, 6.07) is 12.6. The number of benzene rings is 1. The normalized spacial score (nSPS) is 23.2. The van der Waals surface area contributed by atoms with Crippen LogP contribution in [0.1, 0.15) is 18.4 Å². The van der Waals surface area contributed by atoms with Gasteiger partial charge in [0.1, 0.15) is 5.82 Å². The lowest BCUT2D eigenvalue weighted by Crippen LogP contribution is -2.57. The second kappa shape index (κ2) is 11.0. The molecule has 2 fully saturated rings. The molecule has 5 nitrogen and oxygen atoms in total. The van der Waals surface area contributed by atoms with E-state index in [-0.39, 0.29) is 25.1 Å². The van der Waals surface area contributed by atoms with Crippen LogP contribution in [0.25, 0.3) is 0 Å². The molecule has 0 radical (unpaired) electrons. The Hall–Kier alpha value is -1.08. The van der Waals surface area contributed by atoms with E-state index >= 15 is 0 Å². The van der Waals surface area contributed by atoms with Crippen LogP contribution in [-0.2, 0) is 11.2 Å². The molecule has 2 aliphatic heterocycles. The molecule has 30 heavy (non-hydrogen) atoms. The molecule has 1 aromatic heterocycles. The van der Waals surface area contributed by atoms with Gasteiger partial charge in [-0.25, -0.2) is 4.98 Å². The first kappa shape index (κ1) is 23.6. The summed E-state index contributed by atoms with van der Waals surface area (Å²) in [4.78, 5) is 9.33. The molecule has 0 amide bonds. The zero-order valence-electron chi connectivity index (χ0n) is 16.8. The van der Waals surface area contributed by atoms with Crippen LogP contribution < -0.4 is 4.90 Å². The van der Waals surface area contributed by atoms with Gasteiger partial charge in [0, 0.05) is 48.0 Å². The smallest absolute Gasteiger partial charge is 0.129 e. The number of halogens is 3. The summed E-state index contributed by atoms with van der Waals surface area (Å²) < 4.78 is 5.91. The molecular formula is C22H28Cl3N3O2. The first-order valence-corrected chi connectivity index (χ1v) is 11.0. The highest BCUT2D eigenvalue weighted by molar-refractivity contribution is 6.31. The maximum absolute atomic E-state index is 9.64. The number of anilines is 1. The van der Waals surface area contributed by atoms with Gasteiger partial charge in [-0.1, -0.05) is 35.3 Å². The molecule has 8 heteroatoms. The third-order valence-corrected chi connectivity index (χ3v) is 6.45. The SMILES string of the molecule is Cl.OC[C@H]1CN(C2CCN(c3cc(Cl)ccn3)CC2)[C@@H](Cc2ccc(Cl)cc2)CO1. The quantitative estimate of drug-likeness (QED) is 0.710. The van der Waals surface area contributed by atoms with Gasteiger partial charge < -0.3 is 14.7 Å². The van der Waals surface area contributed by atoms with Crippen molar-refractivity contribution in [3.63, 3.8) is 0 Å². The highest BCUT2D eigenvalue weighted by Gasteiger charge is 2.35. The van der Waals surface area contributed by atoms with Gasteiger partial charge >= 0.3 is 0 Å². The fraction of sp³-hybridized carbons (Fsp3) is 0.500. The van der Waals surface area contributed by atoms with Crippen molar-refractivity contribution in [1.29, 1.82) is 0 Å². The third kappa shape index (κ3) is 5.78. The van der Waals surface area contributed by atoms with E-state index in [1.54, 1.807) is 6.20 Å². The predicted molar refractivity (Wildman–Crippen MR) is 124 cm³/mol. The van der Waals surface area contributed by atoms with E-state index in [9.17, 15) is 5.11 Å². The van der Waals surface area contributed by atoms with Crippen molar-refractivity contribution in [3.05, 3.63) is 58.2 Å². The first-order valence-electron chi connectivity index (χ1n) is 10.2. The van der Waals surface area contributed by atoms with E-state index < -0.39 is 0 Å². The summed E-state index contributed by atoms with van der Waals surface area (Å²) >= 11 is 12.2. The Morgan fingerprint density at radius 1 is 1.07 bits per heavy atom. The minimum absolute atomic E-state index is 0. The molecule has 3 heterocycles. The average Bonchev–Trinajstić information content (AvgIpc) is 2.76. The summed E-state index contributed by atoms with van der Waals surface area (Å²) in [5.41, 5.74) is 1.26. The Bertz CT molecular complexity index is 800. The van der Waals surface area contributed by atoms with Crippen LogP contribution in [0.15, 0.2) is 42.6 Å². The number of nitrogens with zero attached hydrogens (tertiary/aromatic N) is 3. The van der Waals surface area contributed by atoms with Gasteiger partial charge in [0.05, 0.1) is 19.3 Å². The number of piperidine rings is 1. The number of morpholine rings is 1. The van der Waals surface area contributed by atoms with E-state index in [1.165, 1.54) is 5.56 Å². The lowest BCUT2D eigenvalue weighted by molar-refractivity contribution is -0.0979. The lowest BCUT2D eigenvalue weighted by Gasteiger charge is -2.46. The second-order valence-electron chi connectivity index (χ2n) is 7.87. The van der Waals surface area contributed by atoms with Gasteiger partial charge in [0.2, 0.25) is 0 Å². The first-order chi connectivity index (χ1) is 14.1. The van der Waals surface area contributed by atoms with Gasteiger partial charge in [-0.15, -0.1) is 12.4 Å². The summed E-state index contributed by atoms with van der Waals surface area (Å²) in [6.07, 6.45) is 4.70. The van der Waals surface area contributed by atoms with Crippen LogP contribution >= 0.6 is 35.6 Å². The van der Waals surface area contributed by atoms with Crippen LogP contribution in [0.5, 0.6) is 0 Å². The number of pyridine rings is 1. The van der Waals surface area contributed by atoms with Gasteiger partial charge in [-0.2, -0.15) is 0 Å². The molecule has 0 bridgehead atoms. The summed E-state index contributed by atoms with van der Waals surface area (Å²) in [7, 11) is 0. The predicted octanol–water partition coefficient (Wildman–Crippen LogP) is 4.08. The molecule has 1 aromatic carbocycles. The molecule has 1 N–H and O–H groups in total. The van der Waals surface area contributed by atoms with Gasteiger partial charge in [-0.3, -0.25) is 4.90 Å². The molecule has 2 atom stereocenters. The zero-order chi connectivity index (χ0) is 20.2. The van der Waals surface area contributed by atoms with Crippen molar-refractivity contribution >= 4 is 41.4 Å². The number of aromatic nitrogens is 1. The monoisotopic (exact) mass is 471 g/mol. The average molecular weight is 473 g/mol. The van der Waals surface area contributed by atoms with Gasteiger partial charge in [0.25, 0.3) is 0 Å². The molecule has 2 saturated heterocycles. The minimum atomic E-state index is -0.107. The third-order valence-electron chi connectivity index (χ3n) is 5.96. The van der Waals surface area contributed by atoms with E-state index in [4.69, 9.17) is 27.9 Å². The Morgan fingerprint density at radius 3 is 2.47 bits per heavy atom. The fourth-order valence-corrected chi connectivity index (χ4v) is 4.68. The molecule has 0 spiro atoms. The van der Waals surface area contributed by atoms with E-state index in [2.05, 4.69) is 26.9 Å². The van der Waals surface area contributed by atoms with Crippen LogP contribution in [0.4, 0.5) is 5.82 Å². The molecule has 2 aliphatic rings. The topological polar surface area (TPSA) is 48.8 Å². The standard InChI is InChI=1S/C22H27Cl2N3O2.ClH/c23-17-3-1-16(2-4-17)11-20-15-29-21(14-28)13-27(20)19-6-9-26(10-7-19)22-12-18(24)5-8-25-22;/h1-5,8,12,19-21,28H,6-7,9-11,13-15H2;1H/t20-,21+;/m0./s1. The molecule has 2 aromatic rings. The second-order valence-corrected chi connectivity index (χ2v) is 8.74. The van der Waals surface area contributed by atoms with E-state index in [0.717, 1.165) is 54.8 Å². The van der Waals surface area contributed by atoms with Crippen LogP contribution in [0, 0.1) is 0 Å². The fourth-order valence-electron chi connectivity index (χ4n) is 4.40. The summed E-state index contributed by atoms with van der Waals surface area (Å²) in [6.45, 7) is 3.38. The largest absolute Gasteiger partial charge is 0.394 e. The number of aliphatic hydroxyl groups excluding tert-OH is 1. The molecule has 164 valence electrons. The Kier molecular flexibility index (Phi) is 8.63. The Morgan fingerprint density at radius 2 is 1.80 bits per heavy atom. The summed E-state index contributed by atoms with van der Waals surface area (Å²) in [5, 5.41) is 11.1. The van der Waals surface area contributed by atoms with Crippen molar-refractivity contribution in [2.75, 3.05) is 37.7 Å². The molecule has 0 unspecified atom stereocenters. The summed E-state index contributed by atoms with van der Waals surface area (Å²) in [5.74, 6) is 0.948. The molecule has 4 rings (SSSR count). The van der Waals surface area contributed by atoms with E-state index in [1.807, 2.05) is 24.3 Å². The zero-order valence-corrected chi connectivity index (χ0v) is 19.1. The highest BCUT2D eigenvalue weighted by atomic mass is 35.5. The number of hydrogen-bond donors (Lipinski definition) is 1. The van der Waals surface area contributed by atoms with Crippen molar-refractivity contribution in [2.45, 2.75) is 37.5 Å². The van der Waals surface area contributed by atoms with Crippen molar-refractivity contribution < 1.29 is 9.84 Å². The van der Waals surface area contributed by atoms with Gasteiger partial charge in [-0.05, 0) is 49.1 Å².